The van der Waals surface area contributed by atoms with E-state index in [0.29, 0.717) is 13.0 Å². The van der Waals surface area contributed by atoms with Crippen LogP contribution >= 0.6 is 0 Å². The second kappa shape index (κ2) is 4.75. The molecule has 1 aliphatic carbocycles. The Hall–Kier alpha value is -1.21. The van der Waals surface area contributed by atoms with Crippen molar-refractivity contribution in [3.8, 4) is 0 Å². The van der Waals surface area contributed by atoms with Crippen molar-refractivity contribution >= 4 is 5.91 Å². The lowest BCUT2D eigenvalue weighted by Crippen LogP contribution is -2.34. The summed E-state index contributed by atoms with van der Waals surface area (Å²) < 4.78 is 5.23. The highest BCUT2D eigenvalue weighted by atomic mass is 16.8. The molecule has 1 saturated heterocycles. The predicted octanol–water partition coefficient (Wildman–Crippen LogP) is 0.226. The Labute approximate surface area is 92.2 Å². The first kappa shape index (κ1) is 11.3. The Kier molecular flexibility index (Phi) is 3.35. The van der Waals surface area contributed by atoms with Gasteiger partial charge in [0.25, 0.3) is 5.91 Å². The van der Waals surface area contributed by atoms with Crippen LogP contribution in [0.5, 0.6) is 0 Å². The number of hydrogen-bond acceptors (Lipinski definition) is 5. The van der Waals surface area contributed by atoms with Gasteiger partial charge in [0.1, 0.15) is 5.92 Å². The molecule has 0 aromatic heterocycles. The summed E-state index contributed by atoms with van der Waals surface area (Å²) in [4.78, 5) is 26.3. The number of carbonyl (C=O) groups excluding carboxylic acids is 1. The molecule has 16 heavy (non-hydrogen) atoms. The van der Waals surface area contributed by atoms with Crippen molar-refractivity contribution in [2.75, 3.05) is 6.61 Å². The molecule has 0 aromatic carbocycles. The lowest BCUT2D eigenvalue weighted by atomic mass is 10.2. The highest BCUT2D eigenvalue weighted by Crippen LogP contribution is 2.33. The highest BCUT2D eigenvalue weighted by Gasteiger charge is 2.53. The summed E-state index contributed by atoms with van der Waals surface area (Å²) in [5.41, 5.74) is 2.23. The molecule has 1 saturated carbocycles. The van der Waals surface area contributed by atoms with E-state index in [1.807, 2.05) is 0 Å². The SMILES string of the molecule is O=C(NOC1CCCCO1)C1CC1[N+](=O)[O-]. The summed E-state index contributed by atoms with van der Waals surface area (Å²) in [5.74, 6) is -0.963. The monoisotopic (exact) mass is 230 g/mol. The van der Waals surface area contributed by atoms with Gasteiger partial charge >= 0.3 is 0 Å². The fourth-order valence-electron chi connectivity index (χ4n) is 1.70. The van der Waals surface area contributed by atoms with E-state index in [1.54, 1.807) is 0 Å². The number of amides is 1. The first-order chi connectivity index (χ1) is 7.68. The number of carbonyl (C=O) groups is 1. The van der Waals surface area contributed by atoms with Gasteiger partial charge in [-0.1, -0.05) is 0 Å². The number of nitro groups is 1. The van der Waals surface area contributed by atoms with Gasteiger partial charge in [-0.2, -0.15) is 0 Å². The summed E-state index contributed by atoms with van der Waals surface area (Å²) in [6, 6.07) is -0.740. The van der Waals surface area contributed by atoms with Crippen molar-refractivity contribution in [3.63, 3.8) is 0 Å². The summed E-state index contributed by atoms with van der Waals surface area (Å²) >= 11 is 0. The highest BCUT2D eigenvalue weighted by molar-refractivity contribution is 5.80. The van der Waals surface area contributed by atoms with E-state index in [9.17, 15) is 14.9 Å². The number of hydroxylamine groups is 1. The quantitative estimate of drug-likeness (QED) is 0.551. The van der Waals surface area contributed by atoms with E-state index >= 15 is 0 Å². The Balaban J connectivity index is 1.66. The van der Waals surface area contributed by atoms with Crippen molar-refractivity contribution in [1.29, 1.82) is 0 Å². The minimum absolute atomic E-state index is 0.299. The molecule has 7 heteroatoms. The van der Waals surface area contributed by atoms with Crippen molar-refractivity contribution in [1.82, 2.24) is 5.48 Å². The van der Waals surface area contributed by atoms with Gasteiger partial charge in [-0.3, -0.25) is 14.9 Å². The van der Waals surface area contributed by atoms with Crippen LogP contribution in [0.25, 0.3) is 0 Å². The Morgan fingerprint density at radius 3 is 2.88 bits per heavy atom. The molecule has 3 unspecified atom stereocenters. The fraction of sp³-hybridized carbons (Fsp3) is 0.889. The largest absolute Gasteiger partial charge is 0.350 e. The van der Waals surface area contributed by atoms with E-state index in [4.69, 9.17) is 9.57 Å². The molecule has 0 radical (unpaired) electrons. The van der Waals surface area contributed by atoms with Crippen molar-refractivity contribution in [2.24, 2.45) is 5.92 Å². The number of rotatable bonds is 4. The maximum Gasteiger partial charge on any atom is 0.253 e. The van der Waals surface area contributed by atoms with Crippen LogP contribution < -0.4 is 5.48 Å². The van der Waals surface area contributed by atoms with E-state index < -0.39 is 29.1 Å². The van der Waals surface area contributed by atoms with Crippen LogP contribution in [0.2, 0.25) is 0 Å². The molecule has 2 fully saturated rings. The zero-order chi connectivity index (χ0) is 11.5. The summed E-state index contributed by atoms with van der Waals surface area (Å²) in [7, 11) is 0. The Bertz CT molecular complexity index is 290. The fourth-order valence-corrected chi connectivity index (χ4v) is 1.70. The average molecular weight is 230 g/mol. The first-order valence-electron chi connectivity index (χ1n) is 5.39. The topological polar surface area (TPSA) is 90.7 Å². The zero-order valence-electron chi connectivity index (χ0n) is 8.76. The van der Waals surface area contributed by atoms with Crippen molar-refractivity contribution in [2.45, 2.75) is 38.0 Å². The molecule has 90 valence electrons. The minimum atomic E-state index is -0.740. The molecule has 3 atom stereocenters. The van der Waals surface area contributed by atoms with Crippen LogP contribution in [0.15, 0.2) is 0 Å². The second-order valence-electron chi connectivity index (χ2n) is 4.08. The molecule has 2 rings (SSSR count). The molecule has 0 spiro atoms. The maximum absolute atomic E-state index is 11.4. The maximum atomic E-state index is 11.4. The zero-order valence-corrected chi connectivity index (χ0v) is 8.76. The molecule has 1 heterocycles. The van der Waals surface area contributed by atoms with Crippen molar-refractivity contribution < 1.29 is 19.3 Å². The summed E-state index contributed by atoms with van der Waals surface area (Å²) in [6.07, 6.45) is 2.63. The van der Waals surface area contributed by atoms with E-state index in [-0.39, 0.29) is 0 Å². The van der Waals surface area contributed by atoms with Gasteiger partial charge in [-0.05, 0) is 12.8 Å². The lowest BCUT2D eigenvalue weighted by molar-refractivity contribution is -0.497. The predicted molar refractivity (Wildman–Crippen MR) is 51.7 cm³/mol. The van der Waals surface area contributed by atoms with Gasteiger partial charge in [-0.25, -0.2) is 10.3 Å². The third kappa shape index (κ3) is 2.67. The lowest BCUT2D eigenvalue weighted by Gasteiger charge is -2.21. The molecule has 1 N–H and O–H groups in total. The van der Waals surface area contributed by atoms with Gasteiger partial charge < -0.3 is 4.74 Å². The van der Waals surface area contributed by atoms with Crippen LogP contribution in [-0.2, 0) is 14.4 Å². The van der Waals surface area contributed by atoms with Crippen LogP contribution in [-0.4, -0.2) is 29.8 Å². The number of nitrogens with one attached hydrogen (secondary N) is 1. The summed E-state index contributed by atoms with van der Waals surface area (Å²) in [5, 5.41) is 10.3. The number of ether oxygens (including phenoxy) is 1. The third-order valence-corrected chi connectivity index (χ3v) is 2.79. The number of nitrogens with zero attached hydrogens (tertiary/aromatic N) is 1. The van der Waals surface area contributed by atoms with Gasteiger partial charge in [0.15, 0.2) is 6.29 Å². The van der Waals surface area contributed by atoms with Crippen LogP contribution in [0.1, 0.15) is 25.7 Å². The normalized spacial score (nSPS) is 33.1. The molecule has 0 bridgehead atoms. The molecular weight excluding hydrogens is 216 g/mol. The molecule has 0 aromatic rings. The van der Waals surface area contributed by atoms with E-state index in [1.165, 1.54) is 0 Å². The summed E-state index contributed by atoms with van der Waals surface area (Å²) in [6.45, 7) is 0.626. The molecule has 7 nitrogen and oxygen atoms in total. The second-order valence-corrected chi connectivity index (χ2v) is 4.08. The Morgan fingerprint density at radius 2 is 2.31 bits per heavy atom. The van der Waals surface area contributed by atoms with Crippen molar-refractivity contribution in [3.05, 3.63) is 10.1 Å². The van der Waals surface area contributed by atoms with Crippen LogP contribution in [0.4, 0.5) is 0 Å². The standard InChI is InChI=1S/C9H14N2O5/c12-9(6-5-7(6)11(13)14)10-16-8-3-1-2-4-15-8/h6-8H,1-5H2,(H,10,12). The first-order valence-corrected chi connectivity index (χ1v) is 5.39. The van der Waals surface area contributed by atoms with Gasteiger partial charge in [0.05, 0.1) is 0 Å². The van der Waals surface area contributed by atoms with E-state index in [2.05, 4.69) is 5.48 Å². The Morgan fingerprint density at radius 1 is 1.50 bits per heavy atom. The third-order valence-electron chi connectivity index (χ3n) is 2.79. The average Bonchev–Trinajstić information content (AvgIpc) is 3.07. The van der Waals surface area contributed by atoms with Crippen LogP contribution in [0.3, 0.4) is 0 Å². The molecule has 2 aliphatic rings. The van der Waals surface area contributed by atoms with E-state index in [0.717, 1.165) is 19.3 Å². The molecular formula is C9H14N2O5. The molecule has 1 amide bonds. The minimum Gasteiger partial charge on any atom is -0.350 e. The number of hydrogen-bond donors (Lipinski definition) is 1. The van der Waals surface area contributed by atoms with Gasteiger partial charge in [0.2, 0.25) is 6.04 Å². The van der Waals surface area contributed by atoms with Gasteiger partial charge in [-0.15, -0.1) is 0 Å². The van der Waals surface area contributed by atoms with Gasteiger partial charge in [0, 0.05) is 24.4 Å². The van der Waals surface area contributed by atoms with Crippen LogP contribution in [0, 0.1) is 16.0 Å². The smallest absolute Gasteiger partial charge is 0.253 e. The molecule has 1 aliphatic heterocycles.